The van der Waals surface area contributed by atoms with Gasteiger partial charge in [0, 0.05) is 37.9 Å². The molecule has 1 saturated heterocycles. The molecule has 1 aliphatic heterocycles. The molecule has 136 valence electrons. The van der Waals surface area contributed by atoms with Crippen LogP contribution in [0.3, 0.4) is 0 Å². The number of amides is 2. The minimum absolute atomic E-state index is 0.0167. The Morgan fingerprint density at radius 3 is 2.19 bits per heavy atom. The van der Waals surface area contributed by atoms with Crippen molar-refractivity contribution in [3.05, 3.63) is 59.9 Å². The lowest BCUT2D eigenvalue weighted by atomic mass is 10.1. The predicted molar refractivity (Wildman–Crippen MR) is 98.3 cm³/mol. The molecule has 2 amide bonds. The number of pyridine rings is 1. The normalized spacial score (nSPS) is 14.2. The van der Waals surface area contributed by atoms with Crippen LogP contribution in [0.15, 0.2) is 48.7 Å². The standard InChI is InChI=1S/C20H23N3O3/c1-2-15-26-17-8-6-16(7-9-17)19(24)22-11-13-23(14-12-22)20(25)18-5-3-4-10-21-18/h3-10H,2,11-15H2,1H3. The van der Waals surface area contributed by atoms with Crippen molar-refractivity contribution in [2.24, 2.45) is 0 Å². The van der Waals surface area contributed by atoms with Crippen molar-refractivity contribution in [1.82, 2.24) is 14.8 Å². The largest absolute Gasteiger partial charge is 0.494 e. The van der Waals surface area contributed by atoms with Gasteiger partial charge in [-0.25, -0.2) is 0 Å². The van der Waals surface area contributed by atoms with Gasteiger partial charge in [-0.3, -0.25) is 14.6 Å². The molecule has 0 spiro atoms. The molecule has 0 radical (unpaired) electrons. The van der Waals surface area contributed by atoms with Crippen molar-refractivity contribution < 1.29 is 14.3 Å². The van der Waals surface area contributed by atoms with Crippen LogP contribution in [-0.4, -0.2) is 59.4 Å². The molecule has 1 fully saturated rings. The smallest absolute Gasteiger partial charge is 0.272 e. The van der Waals surface area contributed by atoms with Gasteiger partial charge in [0.05, 0.1) is 6.61 Å². The molecule has 0 atom stereocenters. The molecule has 26 heavy (non-hydrogen) atoms. The van der Waals surface area contributed by atoms with Gasteiger partial charge in [0.25, 0.3) is 11.8 Å². The van der Waals surface area contributed by atoms with Crippen molar-refractivity contribution in [1.29, 1.82) is 0 Å². The topological polar surface area (TPSA) is 62.7 Å². The van der Waals surface area contributed by atoms with Gasteiger partial charge >= 0.3 is 0 Å². The van der Waals surface area contributed by atoms with Gasteiger partial charge in [-0.15, -0.1) is 0 Å². The maximum absolute atomic E-state index is 12.6. The highest BCUT2D eigenvalue weighted by Gasteiger charge is 2.25. The average molecular weight is 353 g/mol. The number of hydrogen-bond donors (Lipinski definition) is 0. The maximum atomic E-state index is 12.6. The summed E-state index contributed by atoms with van der Waals surface area (Å²) in [7, 11) is 0. The van der Waals surface area contributed by atoms with Crippen LogP contribution in [0.1, 0.15) is 34.2 Å². The second kappa shape index (κ2) is 8.47. The lowest BCUT2D eigenvalue weighted by Gasteiger charge is -2.34. The summed E-state index contributed by atoms with van der Waals surface area (Å²) in [6, 6.07) is 12.5. The minimum atomic E-state index is -0.0878. The van der Waals surface area contributed by atoms with E-state index >= 15 is 0 Å². The van der Waals surface area contributed by atoms with Gasteiger partial charge < -0.3 is 14.5 Å². The number of ether oxygens (including phenoxy) is 1. The SMILES string of the molecule is CCCOc1ccc(C(=O)N2CCN(C(=O)c3ccccn3)CC2)cc1. The molecule has 0 aliphatic carbocycles. The Bertz CT molecular complexity index is 739. The Labute approximate surface area is 153 Å². The van der Waals surface area contributed by atoms with Gasteiger partial charge in [-0.1, -0.05) is 13.0 Å². The van der Waals surface area contributed by atoms with E-state index in [4.69, 9.17) is 4.74 Å². The molecule has 6 heteroatoms. The number of nitrogens with zero attached hydrogens (tertiary/aromatic N) is 3. The first-order chi connectivity index (χ1) is 12.7. The summed E-state index contributed by atoms with van der Waals surface area (Å²) in [5.41, 5.74) is 1.08. The lowest BCUT2D eigenvalue weighted by molar-refractivity contribution is 0.0532. The van der Waals surface area contributed by atoms with E-state index in [2.05, 4.69) is 11.9 Å². The summed E-state index contributed by atoms with van der Waals surface area (Å²) >= 11 is 0. The van der Waals surface area contributed by atoms with Crippen molar-refractivity contribution in [3.63, 3.8) is 0 Å². The summed E-state index contributed by atoms with van der Waals surface area (Å²) in [5, 5.41) is 0. The molecule has 6 nitrogen and oxygen atoms in total. The Hall–Kier alpha value is -2.89. The first-order valence-corrected chi connectivity index (χ1v) is 8.91. The highest BCUT2D eigenvalue weighted by Crippen LogP contribution is 2.15. The zero-order valence-electron chi connectivity index (χ0n) is 14.9. The van der Waals surface area contributed by atoms with E-state index in [9.17, 15) is 9.59 Å². The second-order valence-electron chi connectivity index (χ2n) is 6.17. The number of carbonyl (C=O) groups is 2. The summed E-state index contributed by atoms with van der Waals surface area (Å²) in [6.07, 6.45) is 2.56. The first kappa shape index (κ1) is 17.9. The highest BCUT2D eigenvalue weighted by atomic mass is 16.5. The van der Waals surface area contributed by atoms with E-state index in [0.29, 0.717) is 44.0 Å². The fourth-order valence-corrected chi connectivity index (χ4v) is 2.86. The zero-order valence-corrected chi connectivity index (χ0v) is 14.9. The summed E-state index contributed by atoms with van der Waals surface area (Å²) in [5.74, 6) is 0.668. The van der Waals surface area contributed by atoms with Gasteiger partial charge in [0.1, 0.15) is 11.4 Å². The Morgan fingerprint density at radius 2 is 1.62 bits per heavy atom. The fourth-order valence-electron chi connectivity index (χ4n) is 2.86. The van der Waals surface area contributed by atoms with Crippen LogP contribution in [0.25, 0.3) is 0 Å². The maximum Gasteiger partial charge on any atom is 0.272 e. The van der Waals surface area contributed by atoms with Crippen LogP contribution < -0.4 is 4.74 Å². The Kier molecular flexibility index (Phi) is 5.84. The van der Waals surface area contributed by atoms with E-state index in [0.717, 1.165) is 12.2 Å². The number of rotatable bonds is 5. The molecule has 0 N–H and O–H groups in total. The van der Waals surface area contributed by atoms with Crippen LogP contribution in [-0.2, 0) is 0 Å². The number of piperazine rings is 1. The molecule has 3 rings (SSSR count). The molecule has 2 aromatic rings. The summed E-state index contributed by atoms with van der Waals surface area (Å²) in [6.45, 7) is 4.78. The van der Waals surface area contributed by atoms with Crippen LogP contribution in [0.5, 0.6) is 5.75 Å². The van der Waals surface area contributed by atoms with Gasteiger partial charge in [0.15, 0.2) is 0 Å². The first-order valence-electron chi connectivity index (χ1n) is 8.91. The van der Waals surface area contributed by atoms with Gasteiger partial charge in [-0.05, 0) is 42.8 Å². The Balaban J connectivity index is 1.56. The van der Waals surface area contributed by atoms with Gasteiger partial charge in [-0.2, -0.15) is 0 Å². The number of benzene rings is 1. The van der Waals surface area contributed by atoms with Crippen molar-refractivity contribution in [3.8, 4) is 5.75 Å². The third kappa shape index (κ3) is 4.20. The third-order valence-corrected chi connectivity index (χ3v) is 4.31. The average Bonchev–Trinajstić information content (AvgIpc) is 2.72. The van der Waals surface area contributed by atoms with Crippen molar-refractivity contribution in [2.75, 3.05) is 32.8 Å². The van der Waals surface area contributed by atoms with E-state index in [1.165, 1.54) is 0 Å². The van der Waals surface area contributed by atoms with Crippen LogP contribution in [0, 0.1) is 0 Å². The monoisotopic (exact) mass is 353 g/mol. The zero-order chi connectivity index (χ0) is 18.4. The van der Waals surface area contributed by atoms with Gasteiger partial charge in [0.2, 0.25) is 0 Å². The van der Waals surface area contributed by atoms with E-state index in [1.807, 2.05) is 12.1 Å². The van der Waals surface area contributed by atoms with Crippen LogP contribution in [0.4, 0.5) is 0 Å². The third-order valence-electron chi connectivity index (χ3n) is 4.31. The molecule has 0 unspecified atom stereocenters. The minimum Gasteiger partial charge on any atom is -0.494 e. The van der Waals surface area contributed by atoms with E-state index in [-0.39, 0.29) is 11.8 Å². The molecule has 0 saturated carbocycles. The number of carbonyl (C=O) groups excluding carboxylic acids is 2. The molecule has 0 bridgehead atoms. The summed E-state index contributed by atoms with van der Waals surface area (Å²) < 4.78 is 5.54. The summed E-state index contributed by atoms with van der Waals surface area (Å²) in [4.78, 5) is 32.7. The molecular weight excluding hydrogens is 330 g/mol. The van der Waals surface area contributed by atoms with E-state index < -0.39 is 0 Å². The molecular formula is C20H23N3O3. The van der Waals surface area contributed by atoms with Crippen molar-refractivity contribution >= 4 is 11.8 Å². The number of hydrogen-bond acceptors (Lipinski definition) is 4. The molecule has 1 aromatic heterocycles. The van der Waals surface area contributed by atoms with Crippen LogP contribution >= 0.6 is 0 Å². The molecule has 2 heterocycles. The second-order valence-corrected chi connectivity index (χ2v) is 6.17. The highest BCUT2D eigenvalue weighted by molar-refractivity contribution is 5.95. The van der Waals surface area contributed by atoms with Crippen molar-refractivity contribution in [2.45, 2.75) is 13.3 Å². The lowest BCUT2D eigenvalue weighted by Crippen LogP contribution is -2.50. The molecule has 1 aromatic carbocycles. The molecule has 1 aliphatic rings. The quantitative estimate of drug-likeness (QED) is 0.828. The predicted octanol–water partition coefficient (Wildman–Crippen LogP) is 2.47. The fraction of sp³-hybridized carbons (Fsp3) is 0.350. The Morgan fingerprint density at radius 1 is 0.962 bits per heavy atom. The number of aromatic nitrogens is 1. The van der Waals surface area contributed by atoms with Crippen LogP contribution in [0.2, 0.25) is 0 Å². The van der Waals surface area contributed by atoms with E-state index in [1.54, 1.807) is 46.3 Å².